The maximum atomic E-state index is 14.0. The molecule has 154 valence electrons. The number of aromatic nitrogens is 1. The molecule has 0 aliphatic carbocycles. The predicted molar refractivity (Wildman–Crippen MR) is 109 cm³/mol. The summed E-state index contributed by atoms with van der Waals surface area (Å²) in [7, 11) is 0. The molecule has 7 nitrogen and oxygen atoms in total. The van der Waals surface area contributed by atoms with Crippen LogP contribution in [-0.4, -0.2) is 47.8 Å². The molecule has 2 aromatic rings. The quantitative estimate of drug-likeness (QED) is 0.754. The number of hydrogen-bond donors (Lipinski definition) is 0. The molecule has 2 heterocycles. The minimum atomic E-state index is -0.633. The molecule has 0 saturated carbocycles. The Balaban J connectivity index is 1.80. The molecule has 30 heavy (non-hydrogen) atoms. The molecule has 0 atom stereocenters. The molecule has 0 unspecified atom stereocenters. The zero-order valence-corrected chi connectivity index (χ0v) is 17.1. The first-order chi connectivity index (χ1) is 14.2. The SMILES string of the molecule is CC(C)(C)OC(=O)N1CCN(c2cc(C#N)cc(-c3ccc(C#N)c(F)c3)n2)CC1. The summed E-state index contributed by atoms with van der Waals surface area (Å²) >= 11 is 0. The molecule has 8 heteroatoms. The van der Waals surface area contributed by atoms with E-state index in [1.807, 2.05) is 25.7 Å². The fourth-order valence-corrected chi connectivity index (χ4v) is 3.10. The fourth-order valence-electron chi connectivity index (χ4n) is 3.10. The second kappa shape index (κ2) is 8.38. The van der Waals surface area contributed by atoms with E-state index in [9.17, 15) is 14.4 Å². The van der Waals surface area contributed by atoms with Crippen LogP contribution in [0.3, 0.4) is 0 Å². The average Bonchev–Trinajstić information content (AvgIpc) is 2.72. The first kappa shape index (κ1) is 21.1. The fraction of sp³-hybridized carbons (Fsp3) is 0.364. The summed E-state index contributed by atoms with van der Waals surface area (Å²) in [6.07, 6.45) is -0.352. The molecule has 1 saturated heterocycles. The Hall–Kier alpha value is -3.65. The number of halogens is 1. The molecule has 1 aromatic carbocycles. The van der Waals surface area contributed by atoms with E-state index < -0.39 is 11.4 Å². The number of nitrogens with zero attached hydrogens (tertiary/aromatic N) is 5. The van der Waals surface area contributed by atoms with E-state index in [0.717, 1.165) is 0 Å². The summed E-state index contributed by atoms with van der Waals surface area (Å²) in [4.78, 5) is 20.5. The van der Waals surface area contributed by atoms with E-state index in [1.165, 1.54) is 12.1 Å². The smallest absolute Gasteiger partial charge is 0.410 e. The molecule has 1 amide bonds. The Morgan fingerprint density at radius 3 is 2.37 bits per heavy atom. The lowest BCUT2D eigenvalue weighted by Crippen LogP contribution is -2.50. The Labute approximate surface area is 174 Å². The maximum absolute atomic E-state index is 14.0. The van der Waals surface area contributed by atoms with Crippen LogP contribution in [-0.2, 0) is 4.74 Å². The van der Waals surface area contributed by atoms with Crippen LogP contribution in [0.15, 0.2) is 30.3 Å². The summed E-state index contributed by atoms with van der Waals surface area (Å²) in [5.41, 5.74) is 0.726. The van der Waals surface area contributed by atoms with E-state index in [1.54, 1.807) is 29.2 Å². The highest BCUT2D eigenvalue weighted by Crippen LogP contribution is 2.25. The molecular weight excluding hydrogens is 385 g/mol. The third kappa shape index (κ3) is 4.84. The zero-order valence-electron chi connectivity index (χ0n) is 17.1. The van der Waals surface area contributed by atoms with Crippen molar-refractivity contribution in [3.8, 4) is 23.4 Å². The number of benzene rings is 1. The van der Waals surface area contributed by atoms with Crippen LogP contribution in [0.2, 0.25) is 0 Å². The molecule has 1 aromatic heterocycles. The molecule has 1 aliphatic rings. The molecule has 1 aliphatic heterocycles. The van der Waals surface area contributed by atoms with E-state index in [-0.39, 0.29) is 11.7 Å². The molecule has 0 N–H and O–H groups in total. The first-order valence-corrected chi connectivity index (χ1v) is 9.55. The number of ether oxygens (including phenoxy) is 1. The van der Waals surface area contributed by atoms with Crippen molar-refractivity contribution in [3.63, 3.8) is 0 Å². The van der Waals surface area contributed by atoms with Gasteiger partial charge in [-0.3, -0.25) is 0 Å². The second-order valence-corrected chi connectivity index (χ2v) is 7.97. The summed E-state index contributed by atoms with van der Waals surface area (Å²) in [6, 6.07) is 11.4. The Bertz CT molecular complexity index is 1040. The van der Waals surface area contributed by atoms with Crippen LogP contribution in [0.25, 0.3) is 11.3 Å². The van der Waals surface area contributed by atoms with Gasteiger partial charge in [-0.2, -0.15) is 10.5 Å². The second-order valence-electron chi connectivity index (χ2n) is 7.97. The normalized spacial score (nSPS) is 14.1. The van der Waals surface area contributed by atoms with Crippen molar-refractivity contribution in [1.82, 2.24) is 9.88 Å². The van der Waals surface area contributed by atoms with Gasteiger partial charge < -0.3 is 14.5 Å². The van der Waals surface area contributed by atoms with E-state index >= 15 is 0 Å². The number of pyridine rings is 1. The first-order valence-electron chi connectivity index (χ1n) is 9.55. The zero-order chi connectivity index (χ0) is 21.9. The Morgan fingerprint density at radius 1 is 1.10 bits per heavy atom. The van der Waals surface area contributed by atoms with Gasteiger partial charge in [-0.05, 0) is 45.0 Å². The summed E-state index contributed by atoms with van der Waals surface area (Å²) in [5.74, 6) is -0.0515. The van der Waals surface area contributed by atoms with Gasteiger partial charge in [0, 0.05) is 31.7 Å². The number of nitriles is 2. The van der Waals surface area contributed by atoms with E-state index in [4.69, 9.17) is 10.00 Å². The predicted octanol–water partition coefficient (Wildman–Crippen LogP) is 3.69. The molecule has 0 bridgehead atoms. The number of hydrogen-bond acceptors (Lipinski definition) is 6. The lowest BCUT2D eigenvalue weighted by Gasteiger charge is -2.36. The lowest BCUT2D eigenvalue weighted by molar-refractivity contribution is 0.0240. The van der Waals surface area contributed by atoms with Crippen molar-refractivity contribution in [3.05, 3.63) is 47.3 Å². The van der Waals surface area contributed by atoms with Crippen LogP contribution in [0.5, 0.6) is 0 Å². The summed E-state index contributed by atoms with van der Waals surface area (Å²) in [6.45, 7) is 7.47. The van der Waals surface area contributed by atoms with Crippen LogP contribution >= 0.6 is 0 Å². The van der Waals surface area contributed by atoms with Crippen molar-refractivity contribution in [1.29, 1.82) is 10.5 Å². The lowest BCUT2D eigenvalue weighted by atomic mass is 10.1. The molecule has 3 rings (SSSR count). The Kier molecular flexibility index (Phi) is 5.89. The van der Waals surface area contributed by atoms with Crippen molar-refractivity contribution in [2.45, 2.75) is 26.4 Å². The number of anilines is 1. The highest BCUT2D eigenvalue weighted by atomic mass is 19.1. The van der Waals surface area contributed by atoms with Gasteiger partial charge in [0.25, 0.3) is 0 Å². The van der Waals surface area contributed by atoms with Crippen molar-refractivity contribution < 1.29 is 13.9 Å². The molecular formula is C22H22FN5O2. The standard InChI is InChI=1S/C22H22FN5O2/c1-22(2,3)30-21(29)28-8-6-27(7-9-28)20-11-15(13-24)10-19(26-20)16-4-5-17(14-25)18(23)12-16/h4-5,10-12H,6-9H2,1-3H3. The molecule has 0 spiro atoms. The summed E-state index contributed by atoms with van der Waals surface area (Å²) in [5, 5.41) is 18.3. The van der Waals surface area contributed by atoms with Crippen LogP contribution in [0.4, 0.5) is 15.0 Å². The van der Waals surface area contributed by atoms with Crippen LogP contribution < -0.4 is 4.90 Å². The van der Waals surface area contributed by atoms with Crippen molar-refractivity contribution in [2.75, 3.05) is 31.1 Å². The van der Waals surface area contributed by atoms with Gasteiger partial charge in [0.2, 0.25) is 0 Å². The average molecular weight is 407 g/mol. The van der Waals surface area contributed by atoms with Crippen LogP contribution in [0, 0.1) is 28.5 Å². The number of piperazine rings is 1. The topological polar surface area (TPSA) is 93.2 Å². The maximum Gasteiger partial charge on any atom is 0.410 e. The minimum Gasteiger partial charge on any atom is -0.444 e. The molecule has 1 fully saturated rings. The molecule has 0 radical (unpaired) electrons. The number of rotatable bonds is 2. The van der Waals surface area contributed by atoms with Gasteiger partial charge in [0.15, 0.2) is 0 Å². The van der Waals surface area contributed by atoms with Crippen molar-refractivity contribution in [2.24, 2.45) is 0 Å². The highest BCUT2D eigenvalue weighted by Gasteiger charge is 2.26. The van der Waals surface area contributed by atoms with Gasteiger partial charge in [-0.25, -0.2) is 14.2 Å². The van der Waals surface area contributed by atoms with Gasteiger partial charge >= 0.3 is 6.09 Å². The largest absolute Gasteiger partial charge is 0.444 e. The minimum absolute atomic E-state index is 0.0475. The van der Waals surface area contributed by atoms with E-state index in [0.29, 0.717) is 48.8 Å². The third-order valence-corrected chi connectivity index (χ3v) is 4.58. The number of amides is 1. The van der Waals surface area contributed by atoms with Gasteiger partial charge in [-0.15, -0.1) is 0 Å². The van der Waals surface area contributed by atoms with E-state index in [2.05, 4.69) is 11.1 Å². The van der Waals surface area contributed by atoms with Crippen molar-refractivity contribution >= 4 is 11.9 Å². The highest BCUT2D eigenvalue weighted by molar-refractivity contribution is 5.69. The van der Waals surface area contributed by atoms with Gasteiger partial charge in [0.05, 0.1) is 22.9 Å². The number of carbonyl (C=O) groups is 1. The third-order valence-electron chi connectivity index (χ3n) is 4.58. The monoisotopic (exact) mass is 407 g/mol. The van der Waals surface area contributed by atoms with Gasteiger partial charge in [-0.1, -0.05) is 6.07 Å². The van der Waals surface area contributed by atoms with Gasteiger partial charge in [0.1, 0.15) is 23.3 Å². The Morgan fingerprint density at radius 2 is 1.80 bits per heavy atom. The van der Waals surface area contributed by atoms with Crippen LogP contribution in [0.1, 0.15) is 31.9 Å². The number of carbonyl (C=O) groups excluding carboxylic acids is 1. The summed E-state index contributed by atoms with van der Waals surface area (Å²) < 4.78 is 19.4.